The molecule has 0 aliphatic carbocycles. The number of nitrogens with zero attached hydrogens (tertiary/aromatic N) is 2. The average Bonchev–Trinajstić information content (AvgIpc) is 3.26. The van der Waals surface area contributed by atoms with E-state index in [2.05, 4.69) is 75.1 Å². The van der Waals surface area contributed by atoms with Crippen LogP contribution in [0.5, 0.6) is 23.0 Å². The van der Waals surface area contributed by atoms with Crippen molar-refractivity contribution in [3.63, 3.8) is 0 Å². The average molecular weight is 890 g/mol. The molecule has 0 saturated carbocycles. The molecule has 0 atom stereocenters. The standard InChI is InChI=1S/2C26H27NO2.2ClH.Ti/c2*1-5-14-29-23-13-9-12-22(17-23)27-18-20-15-19(2)16-24(25(20)28)26(3,4)21-10-7-6-8-11-21;;;/h2*5-13,15-18,28H,1,14H2,2-4H3;2*1H;/q;;;;+2/p-2. The van der Waals surface area contributed by atoms with Gasteiger partial charge in [0.2, 0.25) is 0 Å². The topological polar surface area (TPSA) is 83.6 Å². The van der Waals surface area contributed by atoms with E-state index in [0.29, 0.717) is 24.3 Å². The van der Waals surface area contributed by atoms with Crippen molar-refractivity contribution in [3.05, 3.63) is 203 Å². The fourth-order valence-electron chi connectivity index (χ4n) is 6.69. The summed E-state index contributed by atoms with van der Waals surface area (Å²) in [5.74, 6) is 1.98. The molecule has 0 spiro atoms. The number of hydrogen-bond donors (Lipinski definition) is 2. The quantitative estimate of drug-likeness (QED) is 0.0648. The SMILES string of the molecule is C=CCOc1cccc(N=Cc2cc(C)cc(C(C)(C)c3ccccc3)c2O)c1.C=CCOc1cccc(N=Cc2cc(C)cc(C(C)(C)c3ccccc3)c2O)c1.[Cl][Ti][Cl]. The van der Waals surface area contributed by atoms with Gasteiger partial charge >= 0.3 is 35.6 Å². The summed E-state index contributed by atoms with van der Waals surface area (Å²) < 4.78 is 11.1. The second kappa shape index (κ2) is 23.6. The Morgan fingerprint density at radius 2 is 0.918 bits per heavy atom. The molecule has 6 aromatic rings. The van der Waals surface area contributed by atoms with Gasteiger partial charge in [-0.2, -0.15) is 0 Å². The zero-order valence-electron chi connectivity index (χ0n) is 35.7. The number of hydrogen-bond acceptors (Lipinski definition) is 6. The van der Waals surface area contributed by atoms with Crippen molar-refractivity contribution in [3.8, 4) is 23.0 Å². The van der Waals surface area contributed by atoms with Crippen molar-refractivity contribution in [2.75, 3.05) is 13.2 Å². The van der Waals surface area contributed by atoms with Crippen molar-refractivity contribution in [1.82, 2.24) is 0 Å². The van der Waals surface area contributed by atoms with Crippen LogP contribution in [-0.2, 0) is 27.9 Å². The Hall–Kier alpha value is -5.37. The van der Waals surface area contributed by atoms with E-state index in [0.717, 1.165) is 56.3 Å². The van der Waals surface area contributed by atoms with Gasteiger partial charge in [0.25, 0.3) is 0 Å². The molecule has 0 amide bonds. The maximum atomic E-state index is 11.0. The van der Waals surface area contributed by atoms with E-state index in [-0.39, 0.29) is 22.3 Å². The summed E-state index contributed by atoms with van der Waals surface area (Å²) in [7, 11) is 9.78. The van der Waals surface area contributed by atoms with E-state index >= 15 is 0 Å². The molecule has 0 radical (unpaired) electrons. The molecule has 0 bridgehead atoms. The summed E-state index contributed by atoms with van der Waals surface area (Å²) in [4.78, 5) is 9.10. The zero-order chi connectivity index (χ0) is 44.4. The number of aryl methyl sites for hydroxylation is 2. The predicted molar refractivity (Wildman–Crippen MR) is 253 cm³/mol. The molecule has 2 N–H and O–H groups in total. The molecule has 61 heavy (non-hydrogen) atoms. The van der Waals surface area contributed by atoms with Gasteiger partial charge in [0.05, 0.1) is 11.4 Å². The summed E-state index contributed by atoms with van der Waals surface area (Å²) in [6.07, 6.45) is 6.83. The third kappa shape index (κ3) is 13.8. The Bertz CT molecular complexity index is 2250. The van der Waals surface area contributed by atoms with Crippen LogP contribution in [0.1, 0.15) is 72.2 Å². The van der Waals surface area contributed by atoms with Crippen molar-refractivity contribution >= 4 is 42.4 Å². The van der Waals surface area contributed by atoms with Crippen LogP contribution in [-0.4, -0.2) is 35.9 Å². The number of rotatable bonds is 14. The normalized spacial score (nSPS) is 11.2. The van der Waals surface area contributed by atoms with Crippen LogP contribution in [0.15, 0.2) is 169 Å². The molecule has 314 valence electrons. The number of phenols is 2. The van der Waals surface area contributed by atoms with Crippen LogP contribution < -0.4 is 9.47 Å². The van der Waals surface area contributed by atoms with Crippen LogP contribution in [0, 0.1) is 13.8 Å². The molecule has 0 saturated heterocycles. The first-order valence-electron chi connectivity index (χ1n) is 19.8. The van der Waals surface area contributed by atoms with Gasteiger partial charge in [-0.1, -0.05) is 138 Å². The molecule has 0 aromatic heterocycles. The van der Waals surface area contributed by atoms with Gasteiger partial charge in [0, 0.05) is 57.6 Å². The number of halogens is 2. The Morgan fingerprint density at radius 1 is 0.557 bits per heavy atom. The first-order valence-corrected chi connectivity index (χ1v) is 24.1. The molecule has 0 unspecified atom stereocenters. The molecule has 9 heteroatoms. The molecular weight excluding hydrogens is 835 g/mol. The van der Waals surface area contributed by atoms with E-state index in [1.54, 1.807) is 24.6 Å². The molecule has 0 aliphatic rings. The summed E-state index contributed by atoms with van der Waals surface area (Å²) in [5, 5.41) is 22.1. The fourth-order valence-corrected chi connectivity index (χ4v) is 6.69. The first-order chi connectivity index (χ1) is 29.2. The Balaban J connectivity index is 0.000000252. The van der Waals surface area contributed by atoms with E-state index in [9.17, 15) is 10.2 Å². The van der Waals surface area contributed by atoms with Gasteiger partial charge in [0.15, 0.2) is 0 Å². The first kappa shape index (κ1) is 48.3. The molecular formula is C52H54Cl2N2O4Ti. The monoisotopic (exact) mass is 888 g/mol. The van der Waals surface area contributed by atoms with Crippen molar-refractivity contribution in [2.45, 2.75) is 52.4 Å². The Labute approximate surface area is 378 Å². The molecule has 0 aliphatic heterocycles. The minimum atomic E-state index is -0.556. The molecule has 0 heterocycles. The van der Waals surface area contributed by atoms with Crippen molar-refractivity contribution < 1.29 is 36.7 Å². The zero-order valence-corrected chi connectivity index (χ0v) is 38.8. The van der Waals surface area contributed by atoms with Gasteiger partial charge in [-0.05, 0) is 72.5 Å². The van der Waals surface area contributed by atoms with Gasteiger partial charge in [-0.15, -0.1) is 0 Å². The van der Waals surface area contributed by atoms with Gasteiger partial charge < -0.3 is 19.7 Å². The van der Waals surface area contributed by atoms with Gasteiger partial charge in [0.1, 0.15) is 36.2 Å². The summed E-state index contributed by atoms with van der Waals surface area (Å²) in [5.41, 5.74) is 8.46. The molecule has 6 rings (SSSR count). The van der Waals surface area contributed by atoms with Gasteiger partial charge in [-0.25, -0.2) is 0 Å². The second-order valence-corrected chi connectivity index (χ2v) is 17.8. The Morgan fingerprint density at radius 3 is 1.26 bits per heavy atom. The van der Waals surface area contributed by atoms with Crippen LogP contribution in [0.3, 0.4) is 0 Å². The van der Waals surface area contributed by atoms with E-state index in [1.807, 2.05) is 123 Å². The number of ether oxygens (including phenoxy) is 2. The molecule has 6 nitrogen and oxygen atoms in total. The van der Waals surface area contributed by atoms with E-state index < -0.39 is 17.0 Å². The second-order valence-electron chi connectivity index (χ2n) is 15.3. The van der Waals surface area contributed by atoms with E-state index in [4.69, 9.17) is 28.1 Å². The van der Waals surface area contributed by atoms with Crippen LogP contribution in [0.25, 0.3) is 0 Å². The summed E-state index contributed by atoms with van der Waals surface area (Å²) >= 11 is -0.556. The predicted octanol–water partition coefficient (Wildman–Crippen LogP) is 14.1. The number of aliphatic imine (C=N–C) groups is 2. The van der Waals surface area contributed by atoms with E-state index in [1.165, 1.54) is 0 Å². The van der Waals surface area contributed by atoms with Crippen molar-refractivity contribution in [2.24, 2.45) is 9.98 Å². The number of aromatic hydroxyl groups is 2. The minimum absolute atomic E-state index is 0.257. The number of benzene rings is 6. The third-order valence-corrected chi connectivity index (χ3v) is 9.98. The fraction of sp³-hybridized carbons (Fsp3) is 0.192. The summed E-state index contributed by atoms with van der Waals surface area (Å²) in [6.45, 7) is 20.8. The number of phenolic OH excluding ortho intramolecular Hbond substituents is 2. The van der Waals surface area contributed by atoms with Crippen LogP contribution in [0.4, 0.5) is 11.4 Å². The summed E-state index contributed by atoms with van der Waals surface area (Å²) in [6, 6.07) is 43.5. The Kier molecular flexibility index (Phi) is 18.7. The molecule has 0 fully saturated rings. The van der Waals surface area contributed by atoms with Crippen LogP contribution >= 0.6 is 18.6 Å². The third-order valence-electron chi connectivity index (χ3n) is 9.98. The molecule has 6 aromatic carbocycles. The maximum absolute atomic E-state index is 11.0. The van der Waals surface area contributed by atoms with Crippen molar-refractivity contribution in [1.29, 1.82) is 0 Å². The van der Waals surface area contributed by atoms with Gasteiger partial charge in [-0.3, -0.25) is 9.98 Å². The van der Waals surface area contributed by atoms with Crippen LogP contribution in [0.2, 0.25) is 0 Å².